The van der Waals surface area contributed by atoms with Crippen molar-refractivity contribution >= 4 is 23.1 Å². The van der Waals surface area contributed by atoms with Crippen molar-refractivity contribution in [2.24, 2.45) is 11.8 Å². The van der Waals surface area contributed by atoms with Crippen LogP contribution >= 0.6 is 0 Å². The Morgan fingerprint density at radius 3 is 2.22 bits per heavy atom. The molecule has 2 aromatic carbocycles. The number of nitrogens with zero attached hydrogens (tertiary/aromatic N) is 2. The Balaban J connectivity index is 1.79. The summed E-state index contributed by atoms with van der Waals surface area (Å²) in [6, 6.07) is 12.8. The highest BCUT2D eigenvalue weighted by molar-refractivity contribution is 6.45. The molecule has 2 aliphatic heterocycles. The minimum Gasteiger partial charge on any atom is -0.491 e. The first-order chi connectivity index (χ1) is 15.2. The first-order valence-electron chi connectivity index (χ1n) is 11.1. The number of ether oxygens (including phenoxy) is 1. The number of piperidine rings is 1. The number of amides is 2. The topological polar surface area (TPSA) is 49.9 Å². The lowest BCUT2D eigenvalue weighted by Crippen LogP contribution is -2.42. The van der Waals surface area contributed by atoms with Crippen LogP contribution in [0.4, 0.5) is 10.1 Å². The lowest BCUT2D eigenvalue weighted by atomic mass is 9.91. The zero-order chi connectivity index (χ0) is 23.0. The van der Waals surface area contributed by atoms with Crippen molar-refractivity contribution < 1.29 is 18.7 Å². The second kappa shape index (κ2) is 8.77. The van der Waals surface area contributed by atoms with Crippen LogP contribution in [-0.4, -0.2) is 35.9 Å². The molecule has 5 nitrogen and oxygen atoms in total. The summed E-state index contributed by atoms with van der Waals surface area (Å²) in [5.74, 6) is 0.178. The Bertz CT molecular complexity index is 1050. The van der Waals surface area contributed by atoms with Crippen LogP contribution in [0.3, 0.4) is 0 Å². The molecule has 0 radical (unpaired) electrons. The molecule has 2 amide bonds. The van der Waals surface area contributed by atoms with Crippen LogP contribution in [0.1, 0.15) is 39.7 Å². The maximum Gasteiger partial charge on any atom is 0.282 e. The molecule has 2 heterocycles. The second-order valence-electron chi connectivity index (χ2n) is 9.19. The van der Waals surface area contributed by atoms with Gasteiger partial charge in [-0.25, -0.2) is 9.29 Å². The summed E-state index contributed by atoms with van der Waals surface area (Å²) in [5.41, 5.74) is 1.65. The van der Waals surface area contributed by atoms with E-state index in [2.05, 4.69) is 13.8 Å². The second-order valence-corrected chi connectivity index (χ2v) is 9.19. The third kappa shape index (κ3) is 4.27. The molecule has 2 unspecified atom stereocenters. The summed E-state index contributed by atoms with van der Waals surface area (Å²) in [6.07, 6.45) is 1.11. The highest BCUT2D eigenvalue weighted by Crippen LogP contribution is 2.37. The SMILES string of the molecule is CC1CC(C)CN(C2=C(c3ccc(OC(C)C)cc3)C(=O)N(c3cccc(F)c3)C2=O)C1. The van der Waals surface area contributed by atoms with Crippen LogP contribution < -0.4 is 9.64 Å². The Labute approximate surface area is 188 Å². The molecule has 1 saturated heterocycles. The van der Waals surface area contributed by atoms with Crippen molar-refractivity contribution in [3.05, 3.63) is 65.6 Å². The van der Waals surface area contributed by atoms with Gasteiger partial charge in [0, 0.05) is 13.1 Å². The molecule has 0 spiro atoms. The zero-order valence-electron chi connectivity index (χ0n) is 19.0. The Morgan fingerprint density at radius 1 is 0.969 bits per heavy atom. The third-order valence-electron chi connectivity index (χ3n) is 5.83. The molecule has 32 heavy (non-hydrogen) atoms. The molecule has 0 saturated carbocycles. The van der Waals surface area contributed by atoms with Crippen molar-refractivity contribution in [3.63, 3.8) is 0 Å². The van der Waals surface area contributed by atoms with Crippen LogP contribution in [0.5, 0.6) is 5.75 Å². The van der Waals surface area contributed by atoms with Crippen molar-refractivity contribution in [2.45, 2.75) is 40.2 Å². The number of hydrogen-bond acceptors (Lipinski definition) is 4. The van der Waals surface area contributed by atoms with E-state index in [0.29, 0.717) is 47.5 Å². The zero-order valence-corrected chi connectivity index (χ0v) is 19.0. The van der Waals surface area contributed by atoms with Gasteiger partial charge >= 0.3 is 0 Å². The molecule has 2 aromatic rings. The van der Waals surface area contributed by atoms with Gasteiger partial charge in [-0.3, -0.25) is 9.59 Å². The number of likely N-dealkylation sites (tertiary alicyclic amines) is 1. The fraction of sp³-hybridized carbons (Fsp3) is 0.385. The molecule has 0 aromatic heterocycles. The molecule has 2 aliphatic rings. The highest BCUT2D eigenvalue weighted by atomic mass is 19.1. The molecular weight excluding hydrogens is 407 g/mol. The van der Waals surface area contributed by atoms with Crippen LogP contribution in [0, 0.1) is 17.7 Å². The number of imide groups is 1. The van der Waals surface area contributed by atoms with Gasteiger partial charge in [-0.15, -0.1) is 0 Å². The molecule has 6 heteroatoms. The first kappa shape index (κ1) is 22.1. The Hall–Kier alpha value is -3.15. The summed E-state index contributed by atoms with van der Waals surface area (Å²) in [5, 5.41) is 0. The fourth-order valence-corrected chi connectivity index (χ4v) is 4.74. The lowest BCUT2D eigenvalue weighted by Gasteiger charge is -2.37. The van der Waals surface area contributed by atoms with Crippen molar-refractivity contribution in [3.8, 4) is 5.75 Å². The number of carbonyl (C=O) groups is 2. The van der Waals surface area contributed by atoms with E-state index in [4.69, 9.17) is 4.74 Å². The van der Waals surface area contributed by atoms with Gasteiger partial charge in [-0.05, 0) is 68.0 Å². The minimum atomic E-state index is -0.492. The van der Waals surface area contributed by atoms with E-state index in [1.807, 2.05) is 43.0 Å². The maximum atomic E-state index is 13.9. The van der Waals surface area contributed by atoms with Gasteiger partial charge in [0.15, 0.2) is 0 Å². The first-order valence-corrected chi connectivity index (χ1v) is 11.1. The summed E-state index contributed by atoms with van der Waals surface area (Å²) in [6.45, 7) is 9.62. The van der Waals surface area contributed by atoms with E-state index in [0.717, 1.165) is 11.3 Å². The third-order valence-corrected chi connectivity index (χ3v) is 5.83. The predicted molar refractivity (Wildman–Crippen MR) is 123 cm³/mol. The summed E-state index contributed by atoms with van der Waals surface area (Å²) >= 11 is 0. The van der Waals surface area contributed by atoms with E-state index in [1.54, 1.807) is 6.07 Å². The molecule has 1 fully saturated rings. The van der Waals surface area contributed by atoms with Gasteiger partial charge < -0.3 is 9.64 Å². The van der Waals surface area contributed by atoms with E-state index in [1.165, 1.54) is 18.2 Å². The number of carbonyl (C=O) groups excluding carboxylic acids is 2. The van der Waals surface area contributed by atoms with Gasteiger partial charge in [0.25, 0.3) is 11.8 Å². The Kier molecular flexibility index (Phi) is 6.04. The van der Waals surface area contributed by atoms with Crippen molar-refractivity contribution in [1.29, 1.82) is 0 Å². The van der Waals surface area contributed by atoms with Gasteiger partial charge in [0.05, 0.1) is 17.4 Å². The van der Waals surface area contributed by atoms with Crippen LogP contribution in [-0.2, 0) is 9.59 Å². The maximum absolute atomic E-state index is 13.9. The number of benzene rings is 2. The molecule has 168 valence electrons. The fourth-order valence-electron chi connectivity index (χ4n) is 4.74. The molecule has 2 atom stereocenters. The standard InChI is InChI=1S/C26H29FN2O3/c1-16(2)32-22-10-8-19(9-11-22)23-24(28-14-17(3)12-18(4)15-28)26(31)29(25(23)30)21-7-5-6-20(27)13-21/h5-11,13,16-18H,12,14-15H2,1-4H3. The van der Waals surface area contributed by atoms with Crippen LogP contribution in [0.15, 0.2) is 54.2 Å². The van der Waals surface area contributed by atoms with E-state index in [-0.39, 0.29) is 11.8 Å². The smallest absolute Gasteiger partial charge is 0.282 e. The quantitative estimate of drug-likeness (QED) is 0.627. The summed E-state index contributed by atoms with van der Waals surface area (Å²) < 4.78 is 19.6. The number of anilines is 1. The van der Waals surface area contributed by atoms with Gasteiger partial charge in [-0.2, -0.15) is 0 Å². The number of halogens is 1. The molecule has 0 aliphatic carbocycles. The largest absolute Gasteiger partial charge is 0.491 e. The highest BCUT2D eigenvalue weighted by Gasteiger charge is 2.43. The molecule has 0 bridgehead atoms. The Morgan fingerprint density at radius 2 is 1.62 bits per heavy atom. The molecule has 4 rings (SSSR count). The van der Waals surface area contributed by atoms with Gasteiger partial charge in [-0.1, -0.05) is 32.0 Å². The normalized spacial score (nSPS) is 21.7. The minimum absolute atomic E-state index is 0.0325. The van der Waals surface area contributed by atoms with Crippen molar-refractivity contribution in [2.75, 3.05) is 18.0 Å². The average molecular weight is 437 g/mol. The molecule has 0 N–H and O–H groups in total. The van der Waals surface area contributed by atoms with E-state index in [9.17, 15) is 14.0 Å². The van der Waals surface area contributed by atoms with Gasteiger partial charge in [0.2, 0.25) is 0 Å². The summed E-state index contributed by atoms with van der Waals surface area (Å²) in [4.78, 5) is 30.3. The van der Waals surface area contributed by atoms with Crippen LogP contribution in [0.25, 0.3) is 5.57 Å². The van der Waals surface area contributed by atoms with Crippen LogP contribution in [0.2, 0.25) is 0 Å². The number of hydrogen-bond donors (Lipinski definition) is 0. The van der Waals surface area contributed by atoms with E-state index >= 15 is 0 Å². The number of rotatable bonds is 5. The monoisotopic (exact) mass is 436 g/mol. The van der Waals surface area contributed by atoms with Crippen molar-refractivity contribution in [1.82, 2.24) is 4.90 Å². The average Bonchev–Trinajstić information content (AvgIpc) is 2.97. The predicted octanol–water partition coefficient (Wildman–Crippen LogP) is 4.88. The summed E-state index contributed by atoms with van der Waals surface area (Å²) in [7, 11) is 0. The molecular formula is C26H29FN2O3. The lowest BCUT2D eigenvalue weighted by molar-refractivity contribution is -0.120. The van der Waals surface area contributed by atoms with E-state index < -0.39 is 17.6 Å². The van der Waals surface area contributed by atoms with Gasteiger partial charge in [0.1, 0.15) is 17.3 Å².